The summed E-state index contributed by atoms with van der Waals surface area (Å²) in [7, 11) is 2.00. The molecule has 0 radical (unpaired) electrons. The van der Waals surface area contributed by atoms with Crippen LogP contribution < -0.4 is 0 Å². The van der Waals surface area contributed by atoms with E-state index < -0.39 is 145 Å². The van der Waals surface area contributed by atoms with Gasteiger partial charge in [0.15, 0.2) is 11.1 Å². The van der Waals surface area contributed by atoms with Crippen molar-refractivity contribution in [3.05, 3.63) is 0 Å². The van der Waals surface area contributed by atoms with Crippen molar-refractivity contribution < 1.29 is 180 Å². The Morgan fingerprint density at radius 1 is 0.250 bits per heavy atom. The van der Waals surface area contributed by atoms with Gasteiger partial charge in [-0.15, -0.1) is 0 Å². The molecule has 0 aliphatic heterocycles. The lowest BCUT2D eigenvalue weighted by molar-refractivity contribution is -0.327. The molecule has 4 unspecified atom stereocenters. The molecule has 710 valence electrons. The van der Waals surface area contributed by atoms with Crippen LogP contribution >= 0.6 is 0 Å². The Morgan fingerprint density at radius 3 is 0.420 bits per heavy atom. The minimum Gasteiger partial charge on any atom is -0.255 e. The third kappa shape index (κ3) is 152. The Hall–Kier alpha value is -2.87. The molecule has 0 bridgehead atoms. The van der Waals surface area contributed by atoms with E-state index >= 15 is 0 Å². The first kappa shape index (κ1) is 157. The second-order valence-corrected chi connectivity index (χ2v) is 30.4. The third-order valence-electron chi connectivity index (χ3n) is 9.94. The van der Waals surface area contributed by atoms with E-state index in [2.05, 4.69) is 69.2 Å². The molecular weight excluding hydrogens is 1630 g/mol. The summed E-state index contributed by atoms with van der Waals surface area (Å²) >= 11 is 0. The number of halogens is 41. The summed E-state index contributed by atoms with van der Waals surface area (Å²) in [5.74, 6) is -2.23. The highest BCUT2D eigenvalue weighted by atomic mass is 19.5. The number of rotatable bonds is 8. The average molecular weight is 1770 g/mol. The average Bonchev–Trinajstić information content (AvgIpc) is 0.791. The highest BCUT2D eigenvalue weighted by molar-refractivity contribution is 4.84. The van der Waals surface area contributed by atoms with E-state index in [0.717, 1.165) is 60.3 Å². The van der Waals surface area contributed by atoms with Crippen LogP contribution in [0.1, 0.15) is 268 Å². The van der Waals surface area contributed by atoms with Crippen molar-refractivity contribution in [3.8, 4) is 0 Å². The molecule has 0 saturated carbocycles. The Bertz CT molecular complexity index is 1680. The van der Waals surface area contributed by atoms with E-state index in [-0.39, 0.29) is 39.8 Å². The second kappa shape index (κ2) is 72.2. The number of hydrogen-bond acceptors (Lipinski definition) is 0. The maximum absolute atomic E-state index is 12.2. The highest BCUT2D eigenvalue weighted by Crippen LogP contribution is 2.49. The molecule has 0 rings (SSSR count). The van der Waals surface area contributed by atoms with Crippen molar-refractivity contribution >= 4 is 0 Å². The van der Waals surface area contributed by atoms with Gasteiger partial charge in [0, 0.05) is 5.92 Å². The fourth-order valence-corrected chi connectivity index (χ4v) is 0.756. The molecule has 4 atom stereocenters. The topological polar surface area (TPSA) is 0 Å². The first-order valence-electron chi connectivity index (χ1n) is 33.4. The maximum atomic E-state index is 12.2. The predicted molar refractivity (Wildman–Crippen MR) is 375 cm³/mol. The summed E-state index contributed by atoms with van der Waals surface area (Å²) < 4.78 is 461. The van der Waals surface area contributed by atoms with Gasteiger partial charge in [0.1, 0.15) is 37.0 Å². The molecule has 0 spiro atoms. The van der Waals surface area contributed by atoms with Gasteiger partial charge in [-0.2, -0.15) is 119 Å². The first-order chi connectivity index (χ1) is 47.9. The van der Waals surface area contributed by atoms with E-state index in [1.165, 1.54) is 54.9 Å². The quantitative estimate of drug-likeness (QED) is 0.213. The van der Waals surface area contributed by atoms with Gasteiger partial charge < -0.3 is 0 Å². The zero-order valence-electron chi connectivity index (χ0n) is 72.6. The first-order valence-corrected chi connectivity index (χ1v) is 33.4. The van der Waals surface area contributed by atoms with Gasteiger partial charge in [-0.3, -0.25) is 26.3 Å². The zero-order chi connectivity index (χ0) is 98.1. The molecule has 0 aromatic rings. The maximum Gasteiger partial charge on any atom is 0.424 e. The van der Waals surface area contributed by atoms with E-state index in [1.54, 1.807) is 13.8 Å². The van der Waals surface area contributed by atoms with Crippen LogP contribution in [0.5, 0.6) is 0 Å². The van der Waals surface area contributed by atoms with E-state index in [4.69, 9.17) is 0 Å². The van der Waals surface area contributed by atoms with Crippen molar-refractivity contribution in [1.82, 2.24) is 0 Å². The monoisotopic (exact) mass is 1770 g/mol. The van der Waals surface area contributed by atoms with Crippen molar-refractivity contribution in [2.75, 3.05) is 55.4 Å². The Labute approximate surface area is 643 Å². The van der Waals surface area contributed by atoms with Crippen LogP contribution in [0.25, 0.3) is 0 Å². The number of alkyl halides is 41. The van der Waals surface area contributed by atoms with E-state index in [0.29, 0.717) is 61.3 Å². The van der Waals surface area contributed by atoms with E-state index in [9.17, 15) is 180 Å². The van der Waals surface area contributed by atoms with Crippen LogP contribution in [-0.4, -0.2) is 145 Å². The molecule has 0 N–H and O–H groups in total. The van der Waals surface area contributed by atoms with Crippen LogP contribution in [0, 0.1) is 51.8 Å². The molecule has 0 aromatic carbocycles. The summed E-state index contributed by atoms with van der Waals surface area (Å²) in [4.78, 5) is 0. The van der Waals surface area contributed by atoms with Crippen molar-refractivity contribution in [2.24, 2.45) is 51.8 Å². The molecule has 112 heavy (non-hydrogen) atoms. The predicted octanol–water partition coefficient (Wildman–Crippen LogP) is 35.2. The Kier molecular flexibility index (Phi) is 101. The smallest absolute Gasteiger partial charge is 0.255 e. The van der Waals surface area contributed by atoms with Gasteiger partial charge in [0.25, 0.3) is 0 Å². The molecule has 0 nitrogen and oxygen atoms in total. The summed E-state index contributed by atoms with van der Waals surface area (Å²) in [5.41, 5.74) is -18.0. The molecule has 0 amide bonds. The van der Waals surface area contributed by atoms with Crippen LogP contribution in [0.2, 0.25) is 0 Å². The lowest BCUT2D eigenvalue weighted by Gasteiger charge is -2.29. The Balaban J connectivity index is -0.0000000486. The summed E-state index contributed by atoms with van der Waals surface area (Å²) in [6, 6.07) is 0. The standard InChI is InChI=1S/C5H6F6.C5H8F4.2C5H9F3.C5H11F.2C5H12.C4H5F5.2C4H6F4.C4H7F3.C4H8F2.2C4H9F.C4H10.4CH3F/c1-3(2,4(6,7)8)5(9,10)11;1-3-4(2,6)5(7,8)9;1-4(2,3)5(6,7)8;1-3-4(2)5(6,7)8;1-4-5(2,3)6;1-5(2,3)4;1-4-5(2)3;1-3(6,2-5)4(7,8)9;1-3(2,5)4(6,7)8;1-3(2-5)4(6,7)8;1-3(2)4(5,6)7;1-4(2,6)3-5;1-4(2,3)5;1-4(2)3-5;1-4(2)3;4*1-2/h1-2H3;3H2,1-2H3;1-3H3;4H,3H2,1-2H3;4H2,1-3H3;1-4H3;5H,4H2,1-3H3;2H2,1H3;1-2H3;3H,2H2,1H3;3H,1-2H3;3H2,1-2H3;1-3H3;4H,3H2,1-2H3;4H,1-3H3;4*1H3. The summed E-state index contributed by atoms with van der Waals surface area (Å²) in [6.07, 6.45) is -39.9. The summed E-state index contributed by atoms with van der Waals surface area (Å²) in [5, 5.41) is 0. The minimum absolute atomic E-state index is 0.104. The van der Waals surface area contributed by atoms with Gasteiger partial charge >= 0.3 is 55.6 Å². The second-order valence-electron chi connectivity index (χ2n) is 30.4. The van der Waals surface area contributed by atoms with Crippen molar-refractivity contribution in [3.63, 3.8) is 0 Å². The van der Waals surface area contributed by atoms with Gasteiger partial charge in [0.2, 0.25) is 11.3 Å². The van der Waals surface area contributed by atoms with Gasteiger partial charge in [-0.05, 0) is 132 Å². The molecule has 0 heterocycles. The normalized spacial score (nSPS) is 13.5. The molecule has 0 fully saturated rings. The van der Waals surface area contributed by atoms with E-state index in [1.807, 2.05) is 20.8 Å². The molecule has 41 heteroatoms. The van der Waals surface area contributed by atoms with Crippen molar-refractivity contribution in [2.45, 2.75) is 358 Å². The Morgan fingerprint density at radius 2 is 0.420 bits per heavy atom. The largest absolute Gasteiger partial charge is 0.424 e. The fourth-order valence-electron chi connectivity index (χ4n) is 0.756. The molecular formula is C71H139F41. The van der Waals surface area contributed by atoms with Gasteiger partial charge in [0.05, 0.1) is 52.6 Å². The van der Waals surface area contributed by atoms with Gasteiger partial charge in [-0.1, -0.05) is 159 Å². The zero-order valence-corrected chi connectivity index (χ0v) is 72.6. The SMILES string of the molecule is CC(C)(C(F)(F)F)C(F)(F)F.CC(C)(C)C.CC(C)(C)C(F)(F)F.CC(C)(C)F.CC(C)(F)C(F)(F)F.CC(C)(F)CF.CC(C)C.CC(C)C(F)(F)F.CC(C)CF.CC(CF)C(F)(F)F.CC(F)(CF)C(F)(F)F.CCC(C)(C)F.CCC(C)(F)C(F)(F)F.CCC(C)C.CCC(C)C(F)(F)F.CF.CF.CF.CF. The van der Waals surface area contributed by atoms with Crippen LogP contribution in [0.3, 0.4) is 0 Å². The lowest BCUT2D eigenvalue weighted by atomic mass is 9.92. The van der Waals surface area contributed by atoms with Crippen LogP contribution in [-0.2, 0) is 0 Å². The lowest BCUT2D eigenvalue weighted by Crippen LogP contribution is -2.44. The molecule has 0 aliphatic rings. The highest BCUT2D eigenvalue weighted by Gasteiger charge is 2.64. The molecule has 0 aliphatic carbocycles. The van der Waals surface area contributed by atoms with Crippen LogP contribution in [0.15, 0.2) is 0 Å². The summed E-state index contributed by atoms with van der Waals surface area (Å²) in [6.45, 7) is 45.3. The third-order valence-corrected chi connectivity index (χ3v) is 9.94. The fraction of sp³-hybridized carbons (Fsp3) is 1.00. The molecule has 0 saturated heterocycles. The minimum atomic E-state index is -5.24. The molecule has 0 aromatic heterocycles. The number of hydrogen-bond donors (Lipinski definition) is 0. The van der Waals surface area contributed by atoms with Crippen LogP contribution in [0.4, 0.5) is 180 Å². The van der Waals surface area contributed by atoms with Gasteiger partial charge in [-0.25, -0.2) is 35.1 Å². The van der Waals surface area contributed by atoms with Crippen molar-refractivity contribution in [1.29, 1.82) is 0 Å².